The summed E-state index contributed by atoms with van der Waals surface area (Å²) in [5, 5.41) is 42.4. The summed E-state index contributed by atoms with van der Waals surface area (Å²) in [6.07, 6.45) is 3.48. The molecule has 1 aromatic heterocycles. The van der Waals surface area contributed by atoms with Gasteiger partial charge in [-0.3, -0.25) is 38.6 Å². The number of aliphatic imine (C=N–C) groups is 1. The maximum absolute atomic E-state index is 14.5. The minimum Gasteiger partial charge on any atom is -0.508 e. The Balaban J connectivity index is 1.56. The number of amides is 7. The summed E-state index contributed by atoms with van der Waals surface area (Å²) >= 11 is 0. The number of benzene rings is 2. The zero-order valence-electron chi connectivity index (χ0n) is 42.0. The number of likely N-dealkylation sites (N-methyl/N-ethyl adjacent to an activating group) is 1. The Kier molecular flexibility index (Phi) is 22.6. The first-order chi connectivity index (χ1) is 35.2. The summed E-state index contributed by atoms with van der Waals surface area (Å²) in [4.78, 5) is 125. The van der Waals surface area contributed by atoms with E-state index < -0.39 is 101 Å². The maximum Gasteiger partial charge on any atom is 0.326 e. The van der Waals surface area contributed by atoms with Gasteiger partial charge in [-0.05, 0) is 73.4 Å². The minimum absolute atomic E-state index is 0.0517. The van der Waals surface area contributed by atoms with Gasteiger partial charge in [-0.25, -0.2) is 9.78 Å². The average molecular weight is 1030 g/mol. The van der Waals surface area contributed by atoms with Crippen molar-refractivity contribution in [2.24, 2.45) is 33.4 Å². The number of hydrogen-bond donors (Lipinski definition) is 12. The number of imidazole rings is 1. The molecular weight excluding hydrogens is 961 g/mol. The summed E-state index contributed by atoms with van der Waals surface area (Å²) in [6.45, 7) is 6.85. The van der Waals surface area contributed by atoms with Crippen LogP contribution in [0.4, 0.5) is 5.69 Å². The van der Waals surface area contributed by atoms with Gasteiger partial charge in [0.25, 0.3) is 0 Å². The van der Waals surface area contributed by atoms with E-state index >= 15 is 0 Å². The van der Waals surface area contributed by atoms with Gasteiger partial charge in [0.1, 0.15) is 48.0 Å². The number of phenolic OH excluding ortho intramolecular Hbond substituents is 1. The van der Waals surface area contributed by atoms with Crippen LogP contribution in [0.1, 0.15) is 70.2 Å². The van der Waals surface area contributed by atoms with E-state index in [-0.39, 0.29) is 63.4 Å². The van der Waals surface area contributed by atoms with Crippen LogP contribution in [0.25, 0.3) is 10.4 Å². The second kappa shape index (κ2) is 28.7. The molecule has 1 aliphatic rings. The van der Waals surface area contributed by atoms with Crippen molar-refractivity contribution in [3.63, 3.8) is 0 Å². The Hall–Kier alpha value is -8.25. The SMILES string of the molecule is CNCC(=O)N[C@@H](CCCN=C(N)N)C(=O)N[C@H](C(=O)N[C@@H](Cc1ccc(O)cc1)C(=O)N[C@H](C(=O)N[C@@H](Cc1cnc[nH]1)C(=O)N1CCC[C@H]1C(=O)N[C@@H](Cc1ccc(N=[N+]=[N-])cc1)C(=O)O)C(C)C)C(C)C. The summed E-state index contributed by atoms with van der Waals surface area (Å²) in [6, 6.07) is 3.24. The topological polar surface area (TPSA) is 406 Å². The van der Waals surface area contributed by atoms with Gasteiger partial charge in [0.2, 0.25) is 41.4 Å². The van der Waals surface area contributed by atoms with E-state index in [1.807, 2.05) is 0 Å². The molecule has 7 atom stereocenters. The van der Waals surface area contributed by atoms with Crippen LogP contribution in [-0.2, 0) is 57.6 Å². The highest BCUT2D eigenvalue weighted by molar-refractivity contribution is 5.98. The minimum atomic E-state index is -1.38. The van der Waals surface area contributed by atoms with Crippen molar-refractivity contribution in [3.05, 3.63) is 88.3 Å². The lowest BCUT2D eigenvalue weighted by Gasteiger charge is -2.31. The van der Waals surface area contributed by atoms with Crippen molar-refractivity contribution in [2.45, 2.75) is 115 Å². The van der Waals surface area contributed by atoms with E-state index in [9.17, 15) is 48.6 Å². The highest BCUT2D eigenvalue weighted by Crippen LogP contribution is 2.22. The molecule has 14 N–H and O–H groups in total. The lowest BCUT2D eigenvalue weighted by molar-refractivity contribution is -0.145. The number of likely N-dealkylation sites (tertiary alicyclic amines) is 1. The highest BCUT2D eigenvalue weighted by Gasteiger charge is 2.41. The Morgan fingerprint density at radius 1 is 0.784 bits per heavy atom. The van der Waals surface area contributed by atoms with Crippen molar-refractivity contribution < 1.29 is 48.6 Å². The number of rotatable bonds is 28. The van der Waals surface area contributed by atoms with Gasteiger partial charge in [0.05, 0.1) is 12.9 Å². The molecule has 4 rings (SSSR count). The Morgan fingerprint density at radius 3 is 1.91 bits per heavy atom. The quantitative estimate of drug-likeness (QED) is 0.0111. The zero-order valence-corrected chi connectivity index (χ0v) is 42.0. The fraction of sp³-hybridized carbons (Fsp3) is 0.500. The summed E-state index contributed by atoms with van der Waals surface area (Å²) in [5.74, 6) is -7.55. The third-order valence-electron chi connectivity index (χ3n) is 12.0. The number of aromatic nitrogens is 2. The van der Waals surface area contributed by atoms with Gasteiger partial charge in [0.15, 0.2) is 5.96 Å². The number of nitrogens with zero attached hydrogens (tertiary/aromatic N) is 6. The average Bonchev–Trinajstić information content (AvgIpc) is 4.07. The first-order valence-electron chi connectivity index (χ1n) is 24.1. The molecule has 1 aliphatic heterocycles. The number of carboxylic acid groups (broad SMARTS) is 1. The highest BCUT2D eigenvalue weighted by atomic mass is 16.4. The predicted octanol–water partition coefficient (Wildman–Crippen LogP) is -0.346. The lowest BCUT2D eigenvalue weighted by atomic mass is 9.98. The number of azide groups is 1. The Bertz CT molecular complexity index is 2480. The van der Waals surface area contributed by atoms with Gasteiger partial charge in [0, 0.05) is 54.8 Å². The molecule has 1 fully saturated rings. The van der Waals surface area contributed by atoms with E-state index in [4.69, 9.17) is 17.0 Å². The molecule has 74 heavy (non-hydrogen) atoms. The van der Waals surface area contributed by atoms with E-state index in [2.05, 4.69) is 62.2 Å². The van der Waals surface area contributed by atoms with Crippen LogP contribution in [0.15, 0.2) is 71.2 Å². The van der Waals surface area contributed by atoms with Crippen LogP contribution in [-0.4, -0.2) is 147 Å². The van der Waals surface area contributed by atoms with Crippen LogP contribution < -0.4 is 48.7 Å². The number of phenols is 1. The van der Waals surface area contributed by atoms with E-state index in [0.717, 1.165) is 0 Å². The molecule has 2 heterocycles. The van der Waals surface area contributed by atoms with Crippen molar-refractivity contribution in [3.8, 4) is 5.75 Å². The second-order valence-electron chi connectivity index (χ2n) is 18.5. The molecular formula is C48H68N16O10. The van der Waals surface area contributed by atoms with Crippen LogP contribution in [0.3, 0.4) is 0 Å². The standard InChI is InChI=1S/C48H68N16O10/c1-26(2)39(60-41(67)33(56-38(66)24-52-5)8-6-18-54-48(49)50)44(70)57-34(20-29-12-16-32(65)17-13-29)42(68)61-40(27(3)4)45(71)58-35(22-31-23-53-25-55-31)46(72)64-19-7-9-37(64)43(69)59-36(47(73)74)21-28-10-14-30(15-11-28)62-63-51/h10-17,23,25-27,33-37,39-40,52,65H,6-9,18-22,24H2,1-5H3,(H,53,55)(H,56,66)(H,57,70)(H,58,71)(H,59,69)(H,60,67)(H,61,68)(H,73,74)(H4,49,50,54)/t33-,34-,35-,36-,37-,39-,40-/m0/s1. The Morgan fingerprint density at radius 2 is 1.36 bits per heavy atom. The van der Waals surface area contributed by atoms with E-state index in [1.165, 1.54) is 41.7 Å². The van der Waals surface area contributed by atoms with Gasteiger partial charge >= 0.3 is 5.97 Å². The number of guanidine groups is 1. The number of nitrogens with two attached hydrogens (primary N) is 2. The van der Waals surface area contributed by atoms with Crippen LogP contribution >= 0.6 is 0 Å². The summed E-state index contributed by atoms with van der Waals surface area (Å²) in [5.41, 5.74) is 21.4. The van der Waals surface area contributed by atoms with Crippen LogP contribution in [0.2, 0.25) is 0 Å². The van der Waals surface area contributed by atoms with E-state index in [0.29, 0.717) is 35.3 Å². The smallest absolute Gasteiger partial charge is 0.326 e. The number of carbonyl (C=O) groups excluding carboxylic acids is 7. The molecule has 3 aromatic rings. The number of aromatic hydroxyl groups is 1. The molecule has 26 nitrogen and oxygen atoms in total. The summed E-state index contributed by atoms with van der Waals surface area (Å²) < 4.78 is 0. The van der Waals surface area contributed by atoms with Crippen LogP contribution in [0.5, 0.6) is 5.75 Å². The first kappa shape index (κ1) is 58.3. The lowest BCUT2D eigenvalue weighted by Crippen LogP contribution is -2.61. The molecule has 26 heteroatoms. The number of aromatic amines is 1. The molecule has 0 aliphatic carbocycles. The fourth-order valence-electron chi connectivity index (χ4n) is 8.13. The molecule has 2 aromatic carbocycles. The predicted molar refractivity (Wildman–Crippen MR) is 271 cm³/mol. The molecule has 400 valence electrons. The number of aliphatic carboxylic acids is 1. The molecule has 0 radical (unpaired) electrons. The Labute approximate surface area is 427 Å². The molecule has 0 bridgehead atoms. The normalized spacial score (nSPS) is 15.5. The molecule has 0 spiro atoms. The van der Waals surface area contributed by atoms with Gasteiger partial charge in [-0.15, -0.1) is 0 Å². The van der Waals surface area contributed by atoms with Gasteiger partial charge in [-0.1, -0.05) is 69.2 Å². The van der Waals surface area contributed by atoms with Crippen molar-refractivity contribution in [1.29, 1.82) is 0 Å². The van der Waals surface area contributed by atoms with Gasteiger partial charge in [-0.2, -0.15) is 0 Å². The van der Waals surface area contributed by atoms with Crippen molar-refractivity contribution >= 4 is 59.0 Å². The van der Waals surface area contributed by atoms with E-state index in [1.54, 1.807) is 59.0 Å². The number of carbonyl (C=O) groups is 8. The number of carboxylic acids is 1. The van der Waals surface area contributed by atoms with Gasteiger partial charge < -0.3 is 68.8 Å². The second-order valence-corrected chi connectivity index (χ2v) is 18.5. The number of H-pyrrole nitrogens is 1. The number of hydrogen-bond acceptors (Lipinski definition) is 13. The molecule has 0 saturated carbocycles. The van der Waals surface area contributed by atoms with Crippen molar-refractivity contribution in [1.82, 2.24) is 52.1 Å². The monoisotopic (exact) mass is 1030 g/mol. The number of nitrogens with one attached hydrogen (secondary N) is 8. The molecule has 7 amide bonds. The molecule has 0 unspecified atom stereocenters. The summed E-state index contributed by atoms with van der Waals surface area (Å²) in [7, 11) is 1.56. The zero-order chi connectivity index (χ0) is 54.5. The van der Waals surface area contributed by atoms with Crippen molar-refractivity contribution in [2.75, 3.05) is 26.7 Å². The third kappa shape index (κ3) is 18.1. The largest absolute Gasteiger partial charge is 0.508 e. The first-order valence-corrected chi connectivity index (χ1v) is 24.1. The maximum atomic E-state index is 14.5. The third-order valence-corrected chi connectivity index (χ3v) is 12.0. The van der Waals surface area contributed by atoms with Crippen LogP contribution in [0, 0.1) is 11.8 Å². The fourth-order valence-corrected chi connectivity index (χ4v) is 8.13. The molecule has 1 saturated heterocycles.